The molecule has 5 rings (SSSR count). The van der Waals surface area contributed by atoms with E-state index in [1.54, 1.807) is 0 Å². The van der Waals surface area contributed by atoms with Gasteiger partial charge >= 0.3 is 0 Å². The molecule has 0 spiro atoms. The number of aromatic nitrogens is 2. The Morgan fingerprint density at radius 3 is 2.76 bits per heavy atom. The van der Waals surface area contributed by atoms with Crippen LogP contribution in [-0.4, -0.2) is 81.2 Å². The lowest BCUT2D eigenvalue weighted by Gasteiger charge is -2.38. The summed E-state index contributed by atoms with van der Waals surface area (Å²) >= 11 is 0. The van der Waals surface area contributed by atoms with Crippen LogP contribution in [0.15, 0.2) is 12.3 Å². The number of hydrogen-bond acceptors (Lipinski definition) is 8. The summed E-state index contributed by atoms with van der Waals surface area (Å²) in [6.45, 7) is 5.74. The number of nitrogens with one attached hydrogen (secondary N) is 2. The van der Waals surface area contributed by atoms with Crippen LogP contribution in [0.1, 0.15) is 0 Å². The Bertz CT molecular complexity index is 760. The molecule has 0 bridgehead atoms. The number of anilines is 2. The molecule has 5 heterocycles. The number of hydrogen-bond donors (Lipinski definition) is 2. The van der Waals surface area contributed by atoms with Crippen LogP contribution in [-0.2, 0) is 9.84 Å². The standard InChI is InChI=1S/C16H24N6O2S/c23-25(24)9-13-14(10-25)22(4-3-18-13)15-1-2-19-16(20-15)21-7-11-5-17-6-12(11)8-21/h1-2,11-14,17-18H,3-10H2/t11-,12+,13-,14+/m0/s1. The molecule has 1 aromatic heterocycles. The van der Waals surface area contributed by atoms with Gasteiger partial charge in [0, 0.05) is 51.5 Å². The van der Waals surface area contributed by atoms with E-state index >= 15 is 0 Å². The SMILES string of the molecule is O=S1(=O)C[C@@H]2NCCN(c3ccnc(N4C[C@H]5CNC[C@H]5C4)n3)[C@@H]2C1. The van der Waals surface area contributed by atoms with Gasteiger partial charge in [0.2, 0.25) is 5.95 Å². The molecule has 0 amide bonds. The first-order chi connectivity index (χ1) is 12.1. The second-order valence-corrected chi connectivity index (χ2v) is 9.85. The van der Waals surface area contributed by atoms with Crippen molar-refractivity contribution in [2.24, 2.45) is 11.8 Å². The third-order valence-corrected chi connectivity index (χ3v) is 7.79. The molecule has 136 valence electrons. The van der Waals surface area contributed by atoms with Gasteiger partial charge in [0.05, 0.1) is 17.5 Å². The lowest BCUT2D eigenvalue weighted by molar-refractivity contribution is 0.422. The minimum Gasteiger partial charge on any atom is -0.350 e. The second-order valence-electron chi connectivity index (χ2n) is 7.70. The minimum atomic E-state index is -2.97. The lowest BCUT2D eigenvalue weighted by atomic mass is 10.0. The van der Waals surface area contributed by atoms with Crippen LogP contribution in [0.2, 0.25) is 0 Å². The van der Waals surface area contributed by atoms with Crippen LogP contribution in [0.4, 0.5) is 11.8 Å². The van der Waals surface area contributed by atoms with Gasteiger partial charge in [-0.2, -0.15) is 4.98 Å². The highest BCUT2D eigenvalue weighted by atomic mass is 32.2. The highest BCUT2D eigenvalue weighted by molar-refractivity contribution is 7.91. The molecule has 0 aliphatic carbocycles. The molecule has 4 saturated heterocycles. The molecule has 0 unspecified atom stereocenters. The molecule has 4 aliphatic rings. The minimum absolute atomic E-state index is 0.00869. The van der Waals surface area contributed by atoms with E-state index in [0.29, 0.717) is 11.8 Å². The fourth-order valence-corrected chi connectivity index (χ4v) is 6.78. The van der Waals surface area contributed by atoms with Crippen molar-refractivity contribution in [2.45, 2.75) is 12.1 Å². The van der Waals surface area contributed by atoms with Crippen molar-refractivity contribution < 1.29 is 8.42 Å². The molecule has 8 nitrogen and oxygen atoms in total. The predicted octanol–water partition coefficient (Wildman–Crippen LogP) is -1.29. The van der Waals surface area contributed by atoms with E-state index in [0.717, 1.165) is 51.0 Å². The third-order valence-electron chi connectivity index (χ3n) is 6.08. The van der Waals surface area contributed by atoms with Gasteiger partial charge in [0.25, 0.3) is 0 Å². The van der Waals surface area contributed by atoms with Gasteiger partial charge in [-0.15, -0.1) is 0 Å². The first kappa shape index (κ1) is 15.8. The van der Waals surface area contributed by atoms with Crippen LogP contribution in [0.5, 0.6) is 0 Å². The summed E-state index contributed by atoms with van der Waals surface area (Å²) in [5.41, 5.74) is 0. The summed E-state index contributed by atoms with van der Waals surface area (Å²) in [6.07, 6.45) is 1.81. The van der Waals surface area contributed by atoms with E-state index in [4.69, 9.17) is 4.98 Å². The Morgan fingerprint density at radius 1 is 1.16 bits per heavy atom. The largest absolute Gasteiger partial charge is 0.350 e. The number of rotatable bonds is 2. The van der Waals surface area contributed by atoms with Crippen molar-refractivity contribution in [2.75, 3.05) is 60.6 Å². The van der Waals surface area contributed by atoms with Gasteiger partial charge < -0.3 is 20.4 Å². The van der Waals surface area contributed by atoms with Gasteiger partial charge in [-0.25, -0.2) is 13.4 Å². The highest BCUT2D eigenvalue weighted by Gasteiger charge is 2.43. The Hall–Kier alpha value is -1.45. The first-order valence-corrected chi connectivity index (χ1v) is 10.9. The van der Waals surface area contributed by atoms with Crippen LogP contribution < -0.4 is 20.4 Å². The topological polar surface area (TPSA) is 90.5 Å². The number of sulfone groups is 1. The molecule has 4 aliphatic heterocycles. The maximum Gasteiger partial charge on any atom is 0.227 e. The molecule has 25 heavy (non-hydrogen) atoms. The van der Waals surface area contributed by atoms with Gasteiger partial charge in [-0.05, 0) is 17.9 Å². The normalized spacial score (nSPS) is 36.5. The van der Waals surface area contributed by atoms with Crippen LogP contribution >= 0.6 is 0 Å². The summed E-state index contributed by atoms with van der Waals surface area (Å²) < 4.78 is 24.1. The molecular formula is C16H24N6O2S. The Kier molecular flexibility index (Phi) is 3.65. The van der Waals surface area contributed by atoms with Gasteiger partial charge in [-0.3, -0.25) is 0 Å². The lowest BCUT2D eigenvalue weighted by Crippen LogP contribution is -2.57. The molecule has 4 fully saturated rings. The maximum atomic E-state index is 12.0. The summed E-state index contributed by atoms with van der Waals surface area (Å²) in [5.74, 6) is 3.46. The van der Waals surface area contributed by atoms with Crippen molar-refractivity contribution in [3.05, 3.63) is 12.3 Å². The molecule has 0 aromatic carbocycles. The first-order valence-electron chi connectivity index (χ1n) is 9.08. The monoisotopic (exact) mass is 364 g/mol. The number of fused-ring (bicyclic) bond motifs is 2. The van der Waals surface area contributed by atoms with Crippen molar-refractivity contribution in [3.8, 4) is 0 Å². The second kappa shape index (κ2) is 5.78. The molecule has 9 heteroatoms. The Labute approximate surface area is 147 Å². The fraction of sp³-hybridized carbons (Fsp3) is 0.750. The Morgan fingerprint density at radius 2 is 1.96 bits per heavy atom. The van der Waals surface area contributed by atoms with Crippen molar-refractivity contribution in [1.82, 2.24) is 20.6 Å². The van der Waals surface area contributed by atoms with E-state index in [-0.39, 0.29) is 23.6 Å². The van der Waals surface area contributed by atoms with Crippen LogP contribution in [0.3, 0.4) is 0 Å². The van der Waals surface area contributed by atoms with E-state index in [1.807, 2.05) is 12.3 Å². The van der Waals surface area contributed by atoms with E-state index in [1.165, 1.54) is 0 Å². The van der Waals surface area contributed by atoms with E-state index in [9.17, 15) is 8.42 Å². The van der Waals surface area contributed by atoms with Gasteiger partial charge in [0.1, 0.15) is 5.82 Å². The van der Waals surface area contributed by atoms with Crippen LogP contribution in [0, 0.1) is 11.8 Å². The third kappa shape index (κ3) is 2.78. The number of nitrogens with zero attached hydrogens (tertiary/aromatic N) is 4. The van der Waals surface area contributed by atoms with E-state index < -0.39 is 9.84 Å². The zero-order chi connectivity index (χ0) is 17.0. The predicted molar refractivity (Wildman–Crippen MR) is 95.7 cm³/mol. The zero-order valence-electron chi connectivity index (χ0n) is 14.1. The molecule has 0 radical (unpaired) electrons. The molecule has 4 atom stereocenters. The smallest absolute Gasteiger partial charge is 0.227 e. The van der Waals surface area contributed by atoms with Crippen LogP contribution in [0.25, 0.3) is 0 Å². The van der Waals surface area contributed by atoms with Crippen molar-refractivity contribution in [1.29, 1.82) is 0 Å². The molecule has 0 saturated carbocycles. The molecular weight excluding hydrogens is 340 g/mol. The summed E-state index contributed by atoms with van der Waals surface area (Å²) in [4.78, 5) is 13.7. The highest BCUT2D eigenvalue weighted by Crippen LogP contribution is 2.30. The summed E-state index contributed by atoms with van der Waals surface area (Å²) in [7, 11) is -2.97. The molecule has 2 N–H and O–H groups in total. The van der Waals surface area contributed by atoms with Crippen molar-refractivity contribution in [3.63, 3.8) is 0 Å². The van der Waals surface area contributed by atoms with Crippen molar-refractivity contribution >= 4 is 21.6 Å². The van der Waals surface area contributed by atoms with Gasteiger partial charge in [0.15, 0.2) is 9.84 Å². The summed E-state index contributed by atoms with van der Waals surface area (Å²) in [5, 5.41) is 6.80. The average Bonchev–Trinajstić information content (AvgIpc) is 3.25. The average molecular weight is 364 g/mol. The quantitative estimate of drug-likeness (QED) is 0.670. The summed E-state index contributed by atoms with van der Waals surface area (Å²) in [6, 6.07) is 1.90. The van der Waals surface area contributed by atoms with Gasteiger partial charge in [-0.1, -0.05) is 0 Å². The fourth-order valence-electron chi connectivity index (χ4n) is 4.82. The maximum absolute atomic E-state index is 12.0. The number of piperazine rings is 1. The Balaban J connectivity index is 1.39. The van der Waals surface area contributed by atoms with E-state index in [2.05, 4.69) is 25.4 Å². The zero-order valence-corrected chi connectivity index (χ0v) is 15.0. The molecule has 1 aromatic rings.